The molecule has 10 nitrogen and oxygen atoms in total. The maximum atomic E-state index is 10.6. The number of hydrogen-bond acceptors (Lipinski definition) is 6. The van der Waals surface area contributed by atoms with Gasteiger partial charge >= 0.3 is 11.6 Å². The van der Waals surface area contributed by atoms with E-state index in [4.69, 9.17) is 0 Å². The molecule has 0 bridgehead atoms. The predicted molar refractivity (Wildman–Crippen MR) is 49.5 cm³/mol. The van der Waals surface area contributed by atoms with Crippen LogP contribution in [-0.4, -0.2) is 30.2 Å². The average molecular weight is 224 g/mol. The molecule has 10 heteroatoms. The molecule has 0 saturated carbocycles. The molecule has 2 rings (SSSR count). The lowest BCUT2D eigenvalue weighted by Gasteiger charge is -1.95. The van der Waals surface area contributed by atoms with Gasteiger partial charge in [-0.1, -0.05) is 10.2 Å². The Morgan fingerprint density at radius 3 is 1.62 bits per heavy atom. The number of hydrogen-bond donors (Lipinski definition) is 2. The van der Waals surface area contributed by atoms with E-state index in [2.05, 4.69) is 20.4 Å². The van der Waals surface area contributed by atoms with Gasteiger partial charge in [-0.3, -0.25) is 0 Å². The first-order valence-electron chi connectivity index (χ1n) is 3.97. The third kappa shape index (κ3) is 1.37. The molecule has 82 valence electrons. The van der Waals surface area contributed by atoms with Crippen molar-refractivity contribution in [2.45, 2.75) is 0 Å². The Labute approximate surface area is 86.6 Å². The van der Waals surface area contributed by atoms with Crippen LogP contribution >= 0.6 is 0 Å². The van der Waals surface area contributed by atoms with E-state index in [-0.39, 0.29) is 11.1 Å². The van der Waals surface area contributed by atoms with Gasteiger partial charge in [0.1, 0.15) is 11.1 Å². The largest absolute Gasteiger partial charge is 0.358 e. The second-order valence-corrected chi connectivity index (χ2v) is 2.78. The Balaban J connectivity index is 2.59. The lowest BCUT2D eigenvalue weighted by molar-refractivity contribution is -0.391. The summed E-state index contributed by atoms with van der Waals surface area (Å²) in [6, 6.07) is 0. The first-order valence-corrected chi connectivity index (χ1v) is 3.97. The van der Waals surface area contributed by atoms with Crippen molar-refractivity contribution in [2.75, 3.05) is 0 Å². The molecule has 2 N–H and O–H groups in total. The lowest BCUT2D eigenvalue weighted by Crippen LogP contribution is -1.93. The fourth-order valence-corrected chi connectivity index (χ4v) is 1.23. The number of nitrogens with one attached hydrogen (secondary N) is 2. The van der Waals surface area contributed by atoms with Crippen LogP contribution in [0.3, 0.4) is 0 Å². The Bertz CT molecular complexity index is 507. The number of nitro groups is 2. The van der Waals surface area contributed by atoms with Gasteiger partial charge in [0, 0.05) is 0 Å². The standard InChI is InChI=1S/C6H4N6O4/c13-11(14)5-3(1-7-9-5)4-2-8-10-6(4)12(15)16/h1-2H,(H,7,9)(H,8,10). The van der Waals surface area contributed by atoms with E-state index in [1.54, 1.807) is 0 Å². The summed E-state index contributed by atoms with van der Waals surface area (Å²) in [5.74, 6) is -0.825. The first-order chi connectivity index (χ1) is 7.61. The molecule has 2 heterocycles. The number of H-pyrrole nitrogens is 2. The Hall–Kier alpha value is -2.78. The highest BCUT2D eigenvalue weighted by Crippen LogP contribution is 2.32. The van der Waals surface area contributed by atoms with E-state index in [1.165, 1.54) is 0 Å². The Morgan fingerprint density at radius 2 is 1.31 bits per heavy atom. The molecule has 0 fully saturated rings. The van der Waals surface area contributed by atoms with E-state index < -0.39 is 21.5 Å². The van der Waals surface area contributed by atoms with E-state index in [0.717, 1.165) is 12.4 Å². The molecule has 0 atom stereocenters. The summed E-state index contributed by atoms with van der Waals surface area (Å²) in [5.41, 5.74) is 0.0379. The highest BCUT2D eigenvalue weighted by atomic mass is 16.6. The van der Waals surface area contributed by atoms with Crippen LogP contribution in [0.25, 0.3) is 11.1 Å². The van der Waals surface area contributed by atoms with Crippen LogP contribution in [0.5, 0.6) is 0 Å². The van der Waals surface area contributed by atoms with Crippen molar-refractivity contribution in [2.24, 2.45) is 0 Å². The molecule has 0 aliphatic carbocycles. The van der Waals surface area contributed by atoms with Gasteiger partial charge in [0.25, 0.3) is 0 Å². The summed E-state index contributed by atoms with van der Waals surface area (Å²) in [5, 5.41) is 32.4. The zero-order valence-electron chi connectivity index (χ0n) is 7.58. The fraction of sp³-hybridized carbons (Fsp3) is 0. The van der Waals surface area contributed by atoms with Gasteiger partial charge in [-0.2, -0.15) is 0 Å². The van der Waals surface area contributed by atoms with Gasteiger partial charge in [0.2, 0.25) is 0 Å². The summed E-state index contributed by atoms with van der Waals surface area (Å²) in [4.78, 5) is 19.8. The van der Waals surface area contributed by atoms with Crippen molar-refractivity contribution in [3.05, 3.63) is 32.6 Å². The quantitative estimate of drug-likeness (QED) is 0.577. The van der Waals surface area contributed by atoms with Crippen LogP contribution in [0, 0.1) is 20.2 Å². The molecular formula is C6H4N6O4. The van der Waals surface area contributed by atoms with Crippen molar-refractivity contribution in [1.82, 2.24) is 20.4 Å². The van der Waals surface area contributed by atoms with Crippen molar-refractivity contribution in [3.8, 4) is 11.1 Å². The predicted octanol–water partition coefficient (Wildman–Crippen LogP) is 0.616. The van der Waals surface area contributed by atoms with Crippen LogP contribution in [0.4, 0.5) is 11.6 Å². The average Bonchev–Trinajstić information content (AvgIpc) is 2.85. The minimum absolute atomic E-state index is 0.0189. The van der Waals surface area contributed by atoms with Gasteiger partial charge in [0.15, 0.2) is 0 Å². The van der Waals surface area contributed by atoms with Gasteiger partial charge in [-0.05, 0) is 9.85 Å². The second-order valence-electron chi connectivity index (χ2n) is 2.78. The smallest absolute Gasteiger partial charge is 0.350 e. The van der Waals surface area contributed by atoms with Crippen LogP contribution < -0.4 is 0 Å². The highest BCUT2D eigenvalue weighted by Gasteiger charge is 2.25. The van der Waals surface area contributed by atoms with Crippen molar-refractivity contribution >= 4 is 11.6 Å². The maximum absolute atomic E-state index is 10.6. The van der Waals surface area contributed by atoms with Gasteiger partial charge < -0.3 is 20.2 Å². The normalized spacial score (nSPS) is 10.2. The molecule has 0 aliphatic rings. The number of nitrogens with zero attached hydrogens (tertiary/aromatic N) is 4. The van der Waals surface area contributed by atoms with Crippen LogP contribution in [0.2, 0.25) is 0 Å². The highest BCUT2D eigenvalue weighted by molar-refractivity contribution is 5.76. The van der Waals surface area contributed by atoms with Crippen molar-refractivity contribution in [1.29, 1.82) is 0 Å². The van der Waals surface area contributed by atoms with Crippen molar-refractivity contribution < 1.29 is 9.85 Å². The molecule has 0 saturated heterocycles. The number of aromatic nitrogens is 4. The summed E-state index contributed by atoms with van der Waals surface area (Å²) < 4.78 is 0. The zero-order valence-corrected chi connectivity index (χ0v) is 7.58. The minimum Gasteiger partial charge on any atom is -0.358 e. The molecule has 0 aliphatic heterocycles. The van der Waals surface area contributed by atoms with Crippen LogP contribution in [-0.2, 0) is 0 Å². The molecule has 0 unspecified atom stereocenters. The fourth-order valence-electron chi connectivity index (χ4n) is 1.23. The van der Waals surface area contributed by atoms with E-state index in [9.17, 15) is 20.2 Å². The maximum Gasteiger partial charge on any atom is 0.350 e. The summed E-state index contributed by atoms with van der Waals surface area (Å²) in [7, 11) is 0. The molecule has 2 aromatic rings. The summed E-state index contributed by atoms with van der Waals surface area (Å²) >= 11 is 0. The third-order valence-electron chi connectivity index (χ3n) is 1.89. The summed E-state index contributed by atoms with van der Waals surface area (Å²) in [6.07, 6.45) is 2.27. The minimum atomic E-state index is -0.709. The van der Waals surface area contributed by atoms with Crippen molar-refractivity contribution in [3.63, 3.8) is 0 Å². The van der Waals surface area contributed by atoms with E-state index in [1.807, 2.05) is 0 Å². The molecular weight excluding hydrogens is 220 g/mol. The molecule has 16 heavy (non-hydrogen) atoms. The van der Waals surface area contributed by atoms with E-state index >= 15 is 0 Å². The lowest BCUT2D eigenvalue weighted by atomic mass is 10.2. The monoisotopic (exact) mass is 224 g/mol. The molecule has 0 radical (unpaired) electrons. The number of aromatic amines is 2. The van der Waals surface area contributed by atoms with Gasteiger partial charge in [0.05, 0.1) is 12.4 Å². The van der Waals surface area contributed by atoms with Crippen LogP contribution in [0.1, 0.15) is 0 Å². The molecule has 2 aromatic heterocycles. The number of rotatable bonds is 3. The third-order valence-corrected chi connectivity index (χ3v) is 1.89. The molecule has 0 spiro atoms. The van der Waals surface area contributed by atoms with Gasteiger partial charge in [-0.25, -0.2) is 0 Å². The zero-order chi connectivity index (χ0) is 11.7. The topological polar surface area (TPSA) is 144 Å². The second kappa shape index (κ2) is 3.42. The van der Waals surface area contributed by atoms with Gasteiger partial charge in [-0.15, -0.1) is 10.2 Å². The Morgan fingerprint density at radius 1 is 0.938 bits per heavy atom. The summed E-state index contributed by atoms with van der Waals surface area (Å²) in [6.45, 7) is 0. The van der Waals surface area contributed by atoms with Crippen LogP contribution in [0.15, 0.2) is 12.4 Å². The Kier molecular flexibility index (Phi) is 2.08. The SMILES string of the molecule is O=[N+]([O-])c1[nH]ncc1-c1cn[nH]c1[N+](=O)[O-]. The molecule has 0 amide bonds. The first kappa shape index (κ1) is 9.76. The molecule has 0 aromatic carbocycles. The van der Waals surface area contributed by atoms with E-state index in [0.29, 0.717) is 0 Å².